The minimum absolute atomic E-state index is 0.185. The standard InChI is InChI=1S/C21H15ClFNO2/c22-17-10-4-9-16(12-17)21(26)24-19(14-6-2-1-3-7-14)20(25)15-8-5-11-18(23)13-15/h1-13,19H,(H,24,26). The molecule has 0 radical (unpaired) electrons. The molecule has 130 valence electrons. The number of carbonyl (C=O) groups is 2. The van der Waals surface area contributed by atoms with Crippen molar-refractivity contribution in [1.82, 2.24) is 5.32 Å². The van der Waals surface area contributed by atoms with Crippen molar-refractivity contribution in [3.05, 3.63) is 106 Å². The lowest BCUT2D eigenvalue weighted by molar-refractivity contribution is 0.0857. The van der Waals surface area contributed by atoms with E-state index in [4.69, 9.17) is 11.6 Å². The summed E-state index contributed by atoms with van der Waals surface area (Å²) >= 11 is 5.93. The Morgan fingerprint density at radius 2 is 1.54 bits per heavy atom. The first-order valence-electron chi connectivity index (χ1n) is 7.96. The van der Waals surface area contributed by atoms with Crippen molar-refractivity contribution in [2.24, 2.45) is 0 Å². The summed E-state index contributed by atoms with van der Waals surface area (Å²) in [6.45, 7) is 0. The van der Waals surface area contributed by atoms with E-state index in [9.17, 15) is 14.0 Å². The van der Waals surface area contributed by atoms with Crippen LogP contribution in [0.25, 0.3) is 0 Å². The molecule has 3 rings (SSSR count). The zero-order chi connectivity index (χ0) is 18.5. The smallest absolute Gasteiger partial charge is 0.252 e. The molecule has 0 saturated carbocycles. The molecule has 1 N–H and O–H groups in total. The van der Waals surface area contributed by atoms with Crippen LogP contribution in [0.2, 0.25) is 5.02 Å². The molecule has 26 heavy (non-hydrogen) atoms. The van der Waals surface area contributed by atoms with E-state index in [1.807, 2.05) is 6.07 Å². The number of ketones is 1. The van der Waals surface area contributed by atoms with Crippen LogP contribution < -0.4 is 5.32 Å². The van der Waals surface area contributed by atoms with Crippen LogP contribution in [0, 0.1) is 5.82 Å². The second-order valence-corrected chi connectivity index (χ2v) is 6.14. The summed E-state index contributed by atoms with van der Waals surface area (Å²) < 4.78 is 13.5. The predicted molar refractivity (Wildman–Crippen MR) is 98.8 cm³/mol. The SMILES string of the molecule is O=C(NC(C(=O)c1cccc(F)c1)c1ccccc1)c1cccc(Cl)c1. The number of benzene rings is 3. The maximum Gasteiger partial charge on any atom is 0.252 e. The van der Waals surface area contributed by atoms with E-state index in [0.717, 1.165) is 6.07 Å². The number of hydrogen-bond donors (Lipinski definition) is 1. The summed E-state index contributed by atoms with van der Waals surface area (Å²) in [4.78, 5) is 25.5. The topological polar surface area (TPSA) is 46.2 Å². The molecule has 1 unspecified atom stereocenters. The molecule has 1 amide bonds. The van der Waals surface area contributed by atoms with Crippen LogP contribution >= 0.6 is 11.6 Å². The Morgan fingerprint density at radius 1 is 0.846 bits per heavy atom. The van der Waals surface area contributed by atoms with Gasteiger partial charge in [0.25, 0.3) is 5.91 Å². The lowest BCUT2D eigenvalue weighted by atomic mass is 9.97. The van der Waals surface area contributed by atoms with Crippen LogP contribution in [0.3, 0.4) is 0 Å². The van der Waals surface area contributed by atoms with Gasteiger partial charge in [-0.05, 0) is 35.9 Å². The van der Waals surface area contributed by atoms with Crippen LogP contribution in [0.15, 0.2) is 78.9 Å². The Balaban J connectivity index is 1.94. The number of carbonyl (C=O) groups excluding carboxylic acids is 2. The van der Waals surface area contributed by atoms with Gasteiger partial charge in [0.05, 0.1) is 0 Å². The predicted octanol–water partition coefficient (Wildman–Crippen LogP) is 4.83. The maximum atomic E-state index is 13.5. The van der Waals surface area contributed by atoms with Crippen LogP contribution in [-0.4, -0.2) is 11.7 Å². The minimum atomic E-state index is -0.940. The largest absolute Gasteiger partial charge is 0.338 e. The molecule has 0 aliphatic heterocycles. The van der Waals surface area contributed by atoms with E-state index >= 15 is 0 Å². The summed E-state index contributed by atoms with van der Waals surface area (Å²) in [6.07, 6.45) is 0. The van der Waals surface area contributed by atoms with Crippen molar-refractivity contribution in [3.63, 3.8) is 0 Å². The van der Waals surface area contributed by atoms with Crippen LogP contribution in [-0.2, 0) is 0 Å². The Morgan fingerprint density at radius 3 is 2.23 bits per heavy atom. The highest BCUT2D eigenvalue weighted by Gasteiger charge is 2.24. The highest BCUT2D eigenvalue weighted by Crippen LogP contribution is 2.20. The average molecular weight is 368 g/mol. The number of halogens is 2. The fourth-order valence-electron chi connectivity index (χ4n) is 2.60. The number of Topliss-reactive ketones (excluding diaryl/α,β-unsaturated/α-hetero) is 1. The van der Waals surface area contributed by atoms with Crippen molar-refractivity contribution in [3.8, 4) is 0 Å². The zero-order valence-corrected chi connectivity index (χ0v) is 14.4. The number of nitrogens with one attached hydrogen (secondary N) is 1. The number of amides is 1. The summed E-state index contributed by atoms with van der Waals surface area (Å²) in [5, 5.41) is 3.15. The number of hydrogen-bond acceptors (Lipinski definition) is 2. The molecule has 0 saturated heterocycles. The molecule has 3 nitrogen and oxygen atoms in total. The zero-order valence-electron chi connectivity index (χ0n) is 13.7. The van der Waals surface area contributed by atoms with Gasteiger partial charge in [-0.25, -0.2) is 4.39 Å². The molecule has 0 bridgehead atoms. The fourth-order valence-corrected chi connectivity index (χ4v) is 2.79. The average Bonchev–Trinajstić information content (AvgIpc) is 2.66. The third-order valence-corrected chi connectivity index (χ3v) is 4.10. The molecule has 3 aromatic carbocycles. The summed E-state index contributed by atoms with van der Waals surface area (Å²) in [5.74, 6) is -1.35. The van der Waals surface area contributed by atoms with Crippen LogP contribution in [0.1, 0.15) is 32.3 Å². The second kappa shape index (κ2) is 7.93. The lowest BCUT2D eigenvalue weighted by Gasteiger charge is -2.18. The Hall–Kier alpha value is -2.98. The van der Waals surface area contributed by atoms with Crippen molar-refractivity contribution < 1.29 is 14.0 Å². The van der Waals surface area contributed by atoms with Crippen molar-refractivity contribution in [2.45, 2.75) is 6.04 Å². The second-order valence-electron chi connectivity index (χ2n) is 5.70. The monoisotopic (exact) mass is 367 g/mol. The van der Waals surface area contributed by atoms with Crippen molar-refractivity contribution in [2.75, 3.05) is 0 Å². The Kier molecular flexibility index (Phi) is 5.44. The minimum Gasteiger partial charge on any atom is -0.338 e. The van der Waals surface area contributed by atoms with E-state index in [0.29, 0.717) is 16.1 Å². The van der Waals surface area contributed by atoms with E-state index in [1.165, 1.54) is 24.3 Å². The fraction of sp³-hybridized carbons (Fsp3) is 0.0476. The molecule has 5 heteroatoms. The Bertz CT molecular complexity index is 944. The van der Waals surface area contributed by atoms with Gasteiger partial charge in [0, 0.05) is 16.1 Å². The van der Waals surface area contributed by atoms with Gasteiger partial charge in [0.1, 0.15) is 11.9 Å². The van der Waals surface area contributed by atoms with Gasteiger partial charge in [0.15, 0.2) is 5.78 Å². The van der Waals surface area contributed by atoms with E-state index in [2.05, 4.69) is 5.32 Å². The first-order valence-corrected chi connectivity index (χ1v) is 8.33. The molecule has 0 aromatic heterocycles. The molecule has 0 aliphatic rings. The molecule has 0 fully saturated rings. The normalized spacial score (nSPS) is 11.6. The quantitative estimate of drug-likeness (QED) is 0.656. The van der Waals surface area contributed by atoms with Gasteiger partial charge in [0.2, 0.25) is 0 Å². The summed E-state index contributed by atoms with van der Waals surface area (Å²) in [6, 6.07) is 19.7. The van der Waals surface area contributed by atoms with Gasteiger partial charge in [-0.1, -0.05) is 60.1 Å². The van der Waals surface area contributed by atoms with Crippen molar-refractivity contribution >= 4 is 23.3 Å². The maximum absolute atomic E-state index is 13.5. The van der Waals surface area contributed by atoms with Gasteiger partial charge >= 0.3 is 0 Å². The highest BCUT2D eigenvalue weighted by molar-refractivity contribution is 6.31. The first-order chi connectivity index (χ1) is 12.5. The lowest BCUT2D eigenvalue weighted by Crippen LogP contribution is -2.34. The van der Waals surface area contributed by atoms with Gasteiger partial charge in [-0.2, -0.15) is 0 Å². The van der Waals surface area contributed by atoms with E-state index in [1.54, 1.807) is 42.5 Å². The first kappa shape index (κ1) is 17.8. The van der Waals surface area contributed by atoms with Crippen LogP contribution in [0.4, 0.5) is 4.39 Å². The molecule has 0 aliphatic carbocycles. The van der Waals surface area contributed by atoms with E-state index in [-0.39, 0.29) is 5.56 Å². The van der Waals surface area contributed by atoms with Gasteiger partial charge < -0.3 is 5.32 Å². The van der Waals surface area contributed by atoms with Gasteiger partial charge in [-0.15, -0.1) is 0 Å². The third kappa shape index (κ3) is 4.16. The van der Waals surface area contributed by atoms with Crippen LogP contribution in [0.5, 0.6) is 0 Å². The molecule has 3 aromatic rings. The van der Waals surface area contributed by atoms with Crippen molar-refractivity contribution in [1.29, 1.82) is 0 Å². The highest BCUT2D eigenvalue weighted by atomic mass is 35.5. The molecule has 0 spiro atoms. The molecular weight excluding hydrogens is 353 g/mol. The molecule has 0 heterocycles. The third-order valence-electron chi connectivity index (χ3n) is 3.87. The Labute approximate surface area is 155 Å². The van der Waals surface area contributed by atoms with E-state index < -0.39 is 23.5 Å². The molecular formula is C21H15ClFNO2. The number of rotatable bonds is 5. The molecule has 1 atom stereocenters. The van der Waals surface area contributed by atoms with Gasteiger partial charge in [-0.3, -0.25) is 9.59 Å². The summed E-state index contributed by atoms with van der Waals surface area (Å²) in [5.41, 5.74) is 1.13. The summed E-state index contributed by atoms with van der Waals surface area (Å²) in [7, 11) is 0.